The molecule has 0 radical (unpaired) electrons. The van der Waals surface area contributed by atoms with Crippen LogP contribution in [-0.4, -0.2) is 17.0 Å². The van der Waals surface area contributed by atoms with E-state index in [-0.39, 0.29) is 17.2 Å². The molecule has 0 bridgehead atoms. The maximum absolute atomic E-state index is 13.3. The molecule has 3 aromatic carbocycles. The Hall–Kier alpha value is -3.85. The van der Waals surface area contributed by atoms with Crippen LogP contribution in [0.5, 0.6) is 11.5 Å². The van der Waals surface area contributed by atoms with Crippen LogP contribution in [0.25, 0.3) is 10.1 Å². The van der Waals surface area contributed by atoms with Gasteiger partial charge in [-0.05, 0) is 66.9 Å². The van der Waals surface area contributed by atoms with E-state index in [4.69, 9.17) is 9.84 Å². The summed E-state index contributed by atoms with van der Waals surface area (Å²) >= 11 is 1.37. The molecule has 4 aromatic rings. The SMILES string of the molecule is O=C(O)c1ccc(C2(NC(=O)c3csc4cccc(Oc5ccc(C(F)(F)F)cc5)c34)CC2)cc1. The smallest absolute Gasteiger partial charge is 0.416 e. The van der Waals surface area contributed by atoms with Crippen molar-refractivity contribution in [3.05, 3.63) is 94.4 Å². The summed E-state index contributed by atoms with van der Waals surface area (Å²) < 4.78 is 45.3. The van der Waals surface area contributed by atoms with E-state index in [9.17, 15) is 22.8 Å². The molecule has 1 aliphatic rings. The van der Waals surface area contributed by atoms with Gasteiger partial charge in [-0.1, -0.05) is 18.2 Å². The number of thiophene rings is 1. The van der Waals surface area contributed by atoms with E-state index in [2.05, 4.69) is 5.32 Å². The van der Waals surface area contributed by atoms with Gasteiger partial charge in [-0.2, -0.15) is 13.2 Å². The minimum atomic E-state index is -4.44. The van der Waals surface area contributed by atoms with Crippen molar-refractivity contribution in [1.82, 2.24) is 5.32 Å². The van der Waals surface area contributed by atoms with E-state index in [1.165, 1.54) is 35.6 Å². The van der Waals surface area contributed by atoms with E-state index >= 15 is 0 Å². The molecule has 0 saturated heterocycles. The number of halogens is 3. The predicted molar refractivity (Wildman–Crippen MR) is 125 cm³/mol. The molecule has 0 atom stereocenters. The Labute approximate surface area is 201 Å². The van der Waals surface area contributed by atoms with Gasteiger partial charge >= 0.3 is 12.1 Å². The average Bonchev–Trinajstić information content (AvgIpc) is 3.47. The van der Waals surface area contributed by atoms with Gasteiger partial charge < -0.3 is 15.2 Å². The number of alkyl halides is 3. The molecule has 1 amide bonds. The highest BCUT2D eigenvalue weighted by molar-refractivity contribution is 7.17. The van der Waals surface area contributed by atoms with Crippen molar-refractivity contribution < 1.29 is 32.6 Å². The summed E-state index contributed by atoms with van der Waals surface area (Å²) in [7, 11) is 0. The fraction of sp³-hybridized carbons (Fsp3) is 0.154. The number of amides is 1. The number of ether oxygens (including phenoxy) is 1. The standard InChI is InChI=1S/C26H18F3NO4S/c27-26(28,29)17-8-10-18(11-9-17)34-20-2-1-3-21-22(20)19(14-35-21)23(31)30-25(12-13-25)16-6-4-15(5-7-16)24(32)33/h1-11,14H,12-13H2,(H,30,31)(H,32,33). The molecule has 5 rings (SSSR count). The maximum Gasteiger partial charge on any atom is 0.416 e. The fourth-order valence-electron chi connectivity index (χ4n) is 3.97. The molecule has 1 saturated carbocycles. The fourth-order valence-corrected chi connectivity index (χ4v) is 4.93. The summed E-state index contributed by atoms with van der Waals surface area (Å²) in [5.41, 5.74) is 0.0677. The van der Waals surface area contributed by atoms with E-state index in [0.717, 1.165) is 35.2 Å². The van der Waals surface area contributed by atoms with Gasteiger partial charge in [-0.15, -0.1) is 11.3 Å². The van der Waals surface area contributed by atoms with Crippen molar-refractivity contribution in [3.8, 4) is 11.5 Å². The van der Waals surface area contributed by atoms with Crippen LogP contribution in [0.4, 0.5) is 13.2 Å². The molecule has 178 valence electrons. The lowest BCUT2D eigenvalue weighted by Crippen LogP contribution is -2.34. The van der Waals surface area contributed by atoms with Crippen molar-refractivity contribution in [2.75, 3.05) is 0 Å². The molecule has 35 heavy (non-hydrogen) atoms. The zero-order valence-corrected chi connectivity index (χ0v) is 18.9. The zero-order chi connectivity index (χ0) is 24.8. The Morgan fingerprint density at radius 1 is 0.971 bits per heavy atom. The molecule has 0 aliphatic heterocycles. The van der Waals surface area contributed by atoms with E-state index < -0.39 is 23.2 Å². The zero-order valence-electron chi connectivity index (χ0n) is 18.1. The van der Waals surface area contributed by atoms with Gasteiger partial charge in [-0.25, -0.2) is 4.79 Å². The van der Waals surface area contributed by atoms with Gasteiger partial charge in [0.15, 0.2) is 0 Å². The number of carboxylic acids is 1. The lowest BCUT2D eigenvalue weighted by Gasteiger charge is -2.18. The van der Waals surface area contributed by atoms with Gasteiger partial charge in [0.05, 0.1) is 22.2 Å². The van der Waals surface area contributed by atoms with Crippen LogP contribution in [0.15, 0.2) is 72.1 Å². The first-order valence-corrected chi connectivity index (χ1v) is 11.6. The highest BCUT2D eigenvalue weighted by Gasteiger charge is 2.46. The second-order valence-corrected chi connectivity index (χ2v) is 9.23. The lowest BCUT2D eigenvalue weighted by molar-refractivity contribution is -0.137. The van der Waals surface area contributed by atoms with Crippen LogP contribution >= 0.6 is 11.3 Å². The number of nitrogens with one attached hydrogen (secondary N) is 1. The number of benzene rings is 3. The van der Waals surface area contributed by atoms with Crippen LogP contribution in [0.1, 0.15) is 44.7 Å². The van der Waals surface area contributed by atoms with Crippen LogP contribution < -0.4 is 10.1 Å². The number of carbonyl (C=O) groups excluding carboxylic acids is 1. The number of carboxylic acid groups (broad SMARTS) is 1. The van der Waals surface area contributed by atoms with Gasteiger partial charge in [0.25, 0.3) is 5.91 Å². The highest BCUT2D eigenvalue weighted by Crippen LogP contribution is 2.46. The van der Waals surface area contributed by atoms with Crippen molar-refractivity contribution in [2.45, 2.75) is 24.6 Å². The summed E-state index contributed by atoms with van der Waals surface area (Å²) in [5, 5.41) is 14.5. The molecule has 2 N–H and O–H groups in total. The van der Waals surface area contributed by atoms with Crippen LogP contribution in [0, 0.1) is 0 Å². The van der Waals surface area contributed by atoms with Crippen molar-refractivity contribution >= 4 is 33.3 Å². The van der Waals surface area contributed by atoms with Crippen molar-refractivity contribution in [1.29, 1.82) is 0 Å². The van der Waals surface area contributed by atoms with Crippen LogP contribution in [-0.2, 0) is 11.7 Å². The Morgan fingerprint density at radius 2 is 1.66 bits per heavy atom. The first-order valence-electron chi connectivity index (χ1n) is 10.7. The summed E-state index contributed by atoms with van der Waals surface area (Å²) in [4.78, 5) is 24.4. The third-order valence-electron chi connectivity index (χ3n) is 6.00. The minimum absolute atomic E-state index is 0.171. The third kappa shape index (κ3) is 4.46. The second-order valence-electron chi connectivity index (χ2n) is 8.32. The number of carbonyl (C=O) groups is 2. The molecular formula is C26H18F3NO4S. The molecule has 0 unspecified atom stereocenters. The van der Waals surface area contributed by atoms with Gasteiger partial charge in [0.1, 0.15) is 11.5 Å². The molecule has 9 heteroatoms. The topological polar surface area (TPSA) is 75.6 Å². The highest BCUT2D eigenvalue weighted by atomic mass is 32.1. The van der Waals surface area contributed by atoms with Gasteiger partial charge in [0.2, 0.25) is 0 Å². The summed E-state index contributed by atoms with van der Waals surface area (Å²) in [6, 6.07) is 16.1. The maximum atomic E-state index is 13.3. The molecule has 1 aromatic heterocycles. The number of rotatable bonds is 6. The lowest BCUT2D eigenvalue weighted by atomic mass is 10.0. The number of aromatic carboxylic acids is 1. The van der Waals surface area contributed by atoms with E-state index in [1.54, 1.807) is 29.6 Å². The molecule has 1 fully saturated rings. The number of hydrogen-bond donors (Lipinski definition) is 2. The monoisotopic (exact) mass is 497 g/mol. The molecular weight excluding hydrogens is 479 g/mol. The summed E-state index contributed by atoms with van der Waals surface area (Å²) in [6.07, 6.45) is -2.99. The molecule has 1 heterocycles. The van der Waals surface area contributed by atoms with E-state index in [0.29, 0.717) is 16.7 Å². The quantitative estimate of drug-likeness (QED) is 0.306. The Bertz CT molecular complexity index is 1420. The first-order chi connectivity index (χ1) is 16.7. The van der Waals surface area contributed by atoms with Crippen LogP contribution in [0.3, 0.4) is 0 Å². The minimum Gasteiger partial charge on any atom is -0.478 e. The average molecular weight is 497 g/mol. The first kappa shape index (κ1) is 22.9. The summed E-state index contributed by atoms with van der Waals surface area (Å²) in [5.74, 6) is -0.736. The van der Waals surface area contributed by atoms with Gasteiger partial charge in [-0.3, -0.25) is 4.79 Å². The largest absolute Gasteiger partial charge is 0.478 e. The van der Waals surface area contributed by atoms with Crippen molar-refractivity contribution in [3.63, 3.8) is 0 Å². The van der Waals surface area contributed by atoms with Gasteiger partial charge in [0, 0.05) is 15.5 Å². The Morgan fingerprint density at radius 3 is 2.26 bits per heavy atom. The molecule has 0 spiro atoms. The van der Waals surface area contributed by atoms with Crippen molar-refractivity contribution in [2.24, 2.45) is 0 Å². The Balaban J connectivity index is 1.41. The third-order valence-corrected chi connectivity index (χ3v) is 6.95. The van der Waals surface area contributed by atoms with E-state index in [1.807, 2.05) is 6.07 Å². The summed E-state index contributed by atoms with van der Waals surface area (Å²) in [6.45, 7) is 0. The molecule has 1 aliphatic carbocycles. The normalized spacial score (nSPS) is 14.5. The molecule has 5 nitrogen and oxygen atoms in total. The number of hydrogen-bond acceptors (Lipinski definition) is 4. The Kier molecular flexibility index (Phi) is 5.52. The van der Waals surface area contributed by atoms with Crippen LogP contribution in [0.2, 0.25) is 0 Å². The predicted octanol–water partition coefficient (Wildman–Crippen LogP) is 6.83. The number of fused-ring (bicyclic) bond motifs is 1. The second kappa shape index (κ2) is 8.42.